The third-order valence-corrected chi connectivity index (χ3v) is 9.60. The summed E-state index contributed by atoms with van der Waals surface area (Å²) in [6.07, 6.45) is 9.91. The highest BCUT2D eigenvalue weighted by molar-refractivity contribution is 6.04. The SMILES string of the molecule is C1=CCC(C2(c3ccccc3-c3ccc4ccc5ccc(-c6ccccc6)nc5c4n3)c3ccccc3Oc3ccccc32)C=C1. The highest BCUT2D eigenvalue weighted by Gasteiger charge is 2.49. The molecule has 0 N–H and O–H groups in total. The third-order valence-electron chi connectivity index (χ3n) is 9.60. The van der Waals surface area contributed by atoms with Crippen LogP contribution in [0.25, 0.3) is 44.3 Å². The van der Waals surface area contributed by atoms with Crippen LogP contribution in [0.3, 0.4) is 0 Å². The molecular weight excluding hydrogens is 560 g/mol. The standard InChI is InChI=1S/C43H30N2O/c1-3-13-29(14-4-1)37-27-25-30-23-24-31-26-28-38(45-42(31)41(30)44-37)33-17-7-8-18-34(33)43(32-15-5-2-6-16-32)35-19-9-11-21-39(35)46-40-22-12-10-20-36(40)43/h1-15,17-28,32H,16H2. The van der Waals surface area contributed by atoms with Crippen molar-refractivity contribution in [1.29, 1.82) is 0 Å². The Bertz CT molecular complexity index is 2290. The van der Waals surface area contributed by atoms with Crippen LogP contribution in [0, 0.1) is 5.92 Å². The zero-order chi connectivity index (χ0) is 30.5. The van der Waals surface area contributed by atoms with Crippen LogP contribution in [0.4, 0.5) is 0 Å². The van der Waals surface area contributed by atoms with Gasteiger partial charge in [0.2, 0.25) is 0 Å². The second-order valence-corrected chi connectivity index (χ2v) is 12.1. The highest BCUT2D eigenvalue weighted by atomic mass is 16.5. The largest absolute Gasteiger partial charge is 0.457 e. The minimum Gasteiger partial charge on any atom is -0.457 e. The number of benzene rings is 5. The van der Waals surface area contributed by atoms with Gasteiger partial charge in [-0.25, -0.2) is 9.97 Å². The minimum absolute atomic E-state index is 0.168. The van der Waals surface area contributed by atoms with Crippen molar-refractivity contribution < 1.29 is 4.74 Å². The average Bonchev–Trinajstić information content (AvgIpc) is 3.14. The summed E-state index contributed by atoms with van der Waals surface area (Å²) in [5.41, 5.74) is 8.95. The Balaban J connectivity index is 1.32. The van der Waals surface area contributed by atoms with E-state index in [0.717, 1.165) is 62.2 Å². The number of nitrogens with zero attached hydrogens (tertiary/aromatic N) is 2. The fraction of sp³-hybridized carbons (Fsp3) is 0.0698. The van der Waals surface area contributed by atoms with Crippen molar-refractivity contribution >= 4 is 21.8 Å². The fourth-order valence-electron chi connectivity index (χ4n) is 7.56. The van der Waals surface area contributed by atoms with E-state index < -0.39 is 5.41 Å². The van der Waals surface area contributed by atoms with Crippen molar-refractivity contribution in [2.45, 2.75) is 11.8 Å². The van der Waals surface area contributed by atoms with Crippen LogP contribution < -0.4 is 4.74 Å². The van der Waals surface area contributed by atoms with Gasteiger partial charge in [-0.2, -0.15) is 0 Å². The molecule has 46 heavy (non-hydrogen) atoms. The van der Waals surface area contributed by atoms with E-state index in [-0.39, 0.29) is 5.92 Å². The lowest BCUT2D eigenvalue weighted by Gasteiger charge is -2.46. The fourth-order valence-corrected chi connectivity index (χ4v) is 7.56. The second kappa shape index (κ2) is 10.7. The van der Waals surface area contributed by atoms with Gasteiger partial charge in [0.05, 0.1) is 27.8 Å². The van der Waals surface area contributed by atoms with Crippen molar-refractivity contribution in [2.24, 2.45) is 5.92 Å². The monoisotopic (exact) mass is 590 g/mol. The van der Waals surface area contributed by atoms with Crippen LogP contribution in [0.5, 0.6) is 11.5 Å². The van der Waals surface area contributed by atoms with Gasteiger partial charge in [0, 0.05) is 33.0 Å². The molecule has 2 aliphatic rings. The molecule has 0 spiro atoms. The summed E-state index contributed by atoms with van der Waals surface area (Å²) in [5.74, 6) is 1.96. The summed E-state index contributed by atoms with van der Waals surface area (Å²) in [4.78, 5) is 10.6. The molecule has 1 aliphatic heterocycles. The van der Waals surface area contributed by atoms with Gasteiger partial charge in [-0.1, -0.05) is 140 Å². The molecule has 0 radical (unpaired) electrons. The van der Waals surface area contributed by atoms with Gasteiger partial charge in [-0.15, -0.1) is 0 Å². The maximum atomic E-state index is 6.58. The van der Waals surface area contributed by atoms with E-state index in [1.54, 1.807) is 0 Å². The van der Waals surface area contributed by atoms with Crippen LogP contribution in [0.2, 0.25) is 0 Å². The first kappa shape index (κ1) is 26.6. The average molecular weight is 591 g/mol. The molecule has 9 rings (SSSR count). The van der Waals surface area contributed by atoms with E-state index in [1.807, 2.05) is 6.07 Å². The molecule has 0 amide bonds. The summed E-state index contributed by atoms with van der Waals surface area (Å²) in [5, 5.41) is 2.15. The highest BCUT2D eigenvalue weighted by Crippen LogP contribution is 2.58. The normalized spacial score (nSPS) is 16.1. The molecule has 1 aliphatic carbocycles. The first-order chi connectivity index (χ1) is 22.8. The zero-order valence-corrected chi connectivity index (χ0v) is 25.2. The lowest BCUT2D eigenvalue weighted by Crippen LogP contribution is -2.40. The van der Waals surface area contributed by atoms with Gasteiger partial charge in [-0.05, 0) is 42.2 Å². The van der Waals surface area contributed by atoms with E-state index in [1.165, 1.54) is 16.7 Å². The van der Waals surface area contributed by atoms with E-state index in [4.69, 9.17) is 14.7 Å². The van der Waals surface area contributed by atoms with Crippen molar-refractivity contribution in [3.8, 4) is 34.0 Å². The van der Waals surface area contributed by atoms with Crippen molar-refractivity contribution in [3.05, 3.63) is 181 Å². The third kappa shape index (κ3) is 4.05. The maximum Gasteiger partial charge on any atom is 0.131 e. The summed E-state index contributed by atoms with van der Waals surface area (Å²) >= 11 is 0. The number of hydrogen-bond donors (Lipinski definition) is 0. The number of ether oxygens (including phenoxy) is 1. The summed E-state index contributed by atoms with van der Waals surface area (Å²) in [6.45, 7) is 0. The van der Waals surface area contributed by atoms with Crippen LogP contribution in [0.1, 0.15) is 23.1 Å². The van der Waals surface area contributed by atoms with Crippen LogP contribution in [-0.2, 0) is 5.41 Å². The van der Waals surface area contributed by atoms with Gasteiger partial charge in [-0.3, -0.25) is 0 Å². The molecule has 0 fully saturated rings. The van der Waals surface area contributed by atoms with Gasteiger partial charge >= 0.3 is 0 Å². The van der Waals surface area contributed by atoms with Gasteiger partial charge in [0.25, 0.3) is 0 Å². The first-order valence-corrected chi connectivity index (χ1v) is 15.9. The van der Waals surface area contributed by atoms with E-state index >= 15 is 0 Å². The number of fused-ring (bicyclic) bond motifs is 5. The van der Waals surface area contributed by atoms with Gasteiger partial charge in [0.1, 0.15) is 11.5 Å². The number of para-hydroxylation sites is 2. The number of aromatic nitrogens is 2. The quantitative estimate of drug-likeness (QED) is 0.191. The number of allylic oxidation sites excluding steroid dienone is 4. The smallest absolute Gasteiger partial charge is 0.131 e. The topological polar surface area (TPSA) is 35.0 Å². The molecule has 0 bridgehead atoms. The van der Waals surface area contributed by atoms with Crippen molar-refractivity contribution in [2.75, 3.05) is 0 Å². The predicted molar refractivity (Wildman–Crippen MR) is 187 cm³/mol. The Morgan fingerprint density at radius 2 is 1.09 bits per heavy atom. The molecule has 0 saturated heterocycles. The predicted octanol–water partition coefficient (Wildman–Crippen LogP) is 10.7. The van der Waals surface area contributed by atoms with Crippen molar-refractivity contribution in [3.63, 3.8) is 0 Å². The molecule has 1 atom stereocenters. The van der Waals surface area contributed by atoms with Crippen LogP contribution in [0.15, 0.2) is 164 Å². The Hall–Kier alpha value is -5.80. The van der Waals surface area contributed by atoms with Crippen LogP contribution >= 0.6 is 0 Å². The number of hydrogen-bond acceptors (Lipinski definition) is 3. The van der Waals surface area contributed by atoms with Gasteiger partial charge in [0.15, 0.2) is 0 Å². The number of rotatable bonds is 4. The summed E-state index contributed by atoms with van der Waals surface area (Å²) in [7, 11) is 0. The van der Waals surface area contributed by atoms with Gasteiger partial charge < -0.3 is 4.74 Å². The molecule has 2 aromatic heterocycles. The molecule has 5 aromatic carbocycles. The first-order valence-electron chi connectivity index (χ1n) is 15.9. The lowest BCUT2D eigenvalue weighted by atomic mass is 9.58. The molecule has 0 saturated carbocycles. The molecule has 218 valence electrons. The van der Waals surface area contributed by atoms with E-state index in [2.05, 4.69) is 158 Å². The maximum absolute atomic E-state index is 6.58. The van der Waals surface area contributed by atoms with Crippen molar-refractivity contribution in [1.82, 2.24) is 9.97 Å². The summed E-state index contributed by atoms with van der Waals surface area (Å²) in [6, 6.07) is 49.1. The molecular formula is C43H30N2O. The van der Waals surface area contributed by atoms with Crippen LogP contribution in [-0.4, -0.2) is 9.97 Å². The molecule has 1 unspecified atom stereocenters. The molecule has 7 aromatic rings. The lowest BCUT2D eigenvalue weighted by molar-refractivity contribution is 0.368. The van der Waals surface area contributed by atoms with E-state index in [9.17, 15) is 0 Å². The molecule has 3 heterocycles. The Labute approximate surface area is 268 Å². The molecule has 3 heteroatoms. The Morgan fingerprint density at radius 3 is 1.76 bits per heavy atom. The zero-order valence-electron chi connectivity index (χ0n) is 25.2. The Morgan fingerprint density at radius 1 is 0.522 bits per heavy atom. The minimum atomic E-state index is -0.503. The summed E-state index contributed by atoms with van der Waals surface area (Å²) < 4.78 is 6.58. The number of pyridine rings is 2. The van der Waals surface area contributed by atoms with E-state index in [0.29, 0.717) is 0 Å². The molecule has 3 nitrogen and oxygen atoms in total. The second-order valence-electron chi connectivity index (χ2n) is 12.1. The Kier molecular flexibility index (Phi) is 6.17.